The second-order valence-corrected chi connectivity index (χ2v) is 5.71. The normalized spacial score (nSPS) is 16.0. The van der Waals surface area contributed by atoms with Crippen LogP contribution in [0.2, 0.25) is 0 Å². The number of aliphatic imine (C=N–C) groups is 2. The Bertz CT molecular complexity index is 727. The molecule has 0 atom stereocenters. The molecule has 0 radical (unpaired) electrons. The van der Waals surface area contributed by atoms with Crippen LogP contribution in [0.25, 0.3) is 0 Å². The minimum Gasteiger partial charge on any atom is -0.368 e. The van der Waals surface area contributed by atoms with Gasteiger partial charge >= 0.3 is 0 Å². The summed E-state index contributed by atoms with van der Waals surface area (Å²) in [5.41, 5.74) is 9.28. The average molecular weight is 446 g/mol. The van der Waals surface area contributed by atoms with Crippen molar-refractivity contribution in [1.29, 1.82) is 0 Å². The first-order valence-corrected chi connectivity index (χ1v) is 7.19. The maximum Gasteiger partial charge on any atom is 0.226 e. The molecular weight excluding hydrogens is 429 g/mol. The molecule has 1 aromatic carbocycles. The van der Waals surface area contributed by atoms with Crippen molar-refractivity contribution in [2.45, 2.75) is 32.4 Å². The fraction of sp³-hybridized carbons (Fsp3) is 0.429. The molecule has 0 amide bonds. The van der Waals surface area contributed by atoms with E-state index in [-0.39, 0.29) is 41.9 Å². The number of guanidine groups is 2. The van der Waals surface area contributed by atoms with Gasteiger partial charge in [0.2, 0.25) is 17.7 Å². The van der Waals surface area contributed by atoms with E-state index in [0.717, 1.165) is 5.06 Å². The van der Waals surface area contributed by atoms with Gasteiger partial charge in [0.1, 0.15) is 0 Å². The maximum absolute atomic E-state index is 13.6. The molecule has 4 N–H and O–H groups in total. The van der Waals surface area contributed by atoms with E-state index in [1.54, 1.807) is 13.8 Å². The van der Waals surface area contributed by atoms with Gasteiger partial charge in [0.05, 0.1) is 6.61 Å². The van der Waals surface area contributed by atoms with E-state index in [9.17, 15) is 22.0 Å². The van der Waals surface area contributed by atoms with E-state index in [1.807, 2.05) is 0 Å². The number of nitrogens with zero attached hydrogens (tertiary/aromatic N) is 3. The van der Waals surface area contributed by atoms with Crippen LogP contribution < -0.4 is 11.5 Å². The molecule has 0 unspecified atom stereocenters. The van der Waals surface area contributed by atoms with Crippen LogP contribution in [-0.2, 0) is 11.3 Å². The fourth-order valence-electron chi connectivity index (χ4n) is 2.29. The molecule has 1 aliphatic rings. The third-order valence-corrected chi connectivity index (χ3v) is 3.41. The summed E-state index contributed by atoms with van der Waals surface area (Å²) in [6.07, 6.45) is -0.472. The number of nitrogens with two attached hydrogens (primary N) is 2. The minimum absolute atomic E-state index is 0. The van der Waals surface area contributed by atoms with Crippen molar-refractivity contribution >= 4 is 28.9 Å². The molecule has 0 spiro atoms. The third kappa shape index (κ3) is 4.23. The van der Waals surface area contributed by atoms with Gasteiger partial charge in [-0.3, -0.25) is 4.84 Å². The molecule has 12 heteroatoms. The fourth-order valence-corrected chi connectivity index (χ4v) is 2.29. The van der Waals surface area contributed by atoms with Gasteiger partial charge < -0.3 is 11.5 Å². The first-order chi connectivity index (χ1) is 11.6. The summed E-state index contributed by atoms with van der Waals surface area (Å²) in [4.78, 5) is 13.1. The highest BCUT2D eigenvalue weighted by molar-refractivity contribution is 8.93. The number of hydrogen-bond donors (Lipinski definition) is 2. The molecule has 1 aliphatic heterocycles. The van der Waals surface area contributed by atoms with Crippen molar-refractivity contribution in [2.24, 2.45) is 21.5 Å². The van der Waals surface area contributed by atoms with Gasteiger partial charge in [-0.1, -0.05) is 0 Å². The molecule has 146 valence electrons. The predicted molar refractivity (Wildman–Crippen MR) is 90.0 cm³/mol. The lowest BCUT2D eigenvalue weighted by atomic mass is 10.1. The van der Waals surface area contributed by atoms with Gasteiger partial charge in [0.25, 0.3) is 0 Å². The molecule has 1 aromatic rings. The SMILES string of the molecule is Br.CC1(C)N=C(N)N=C(N)N1OCCCc1c(F)c(F)c(F)c(F)c1F. The summed E-state index contributed by atoms with van der Waals surface area (Å²) in [5.74, 6) is -9.97. The van der Waals surface area contributed by atoms with Crippen LogP contribution in [0.5, 0.6) is 0 Å². The van der Waals surface area contributed by atoms with Crippen LogP contribution in [0.3, 0.4) is 0 Å². The second kappa shape index (κ2) is 8.16. The monoisotopic (exact) mass is 445 g/mol. The standard InChI is InChI=1S/C14H16F5N5O.BrH/c1-14(2)23-12(20)22-13(21)24(14)25-5-3-4-6-7(15)9(17)11(19)10(18)8(6)16;/h3-5H2,1-2H3,(H4,20,21,22,23);1H. The van der Waals surface area contributed by atoms with E-state index in [4.69, 9.17) is 16.3 Å². The molecule has 0 aliphatic carbocycles. The summed E-state index contributed by atoms with van der Waals surface area (Å²) in [5, 5.41) is 1.14. The van der Waals surface area contributed by atoms with Crippen LogP contribution in [0, 0.1) is 29.1 Å². The van der Waals surface area contributed by atoms with Crippen LogP contribution in [-0.4, -0.2) is 29.3 Å². The van der Waals surface area contributed by atoms with Crippen molar-refractivity contribution in [3.63, 3.8) is 0 Å². The summed E-state index contributed by atoms with van der Waals surface area (Å²) < 4.78 is 66.4. The lowest BCUT2D eigenvalue weighted by Crippen LogP contribution is -2.53. The Labute approximate surface area is 156 Å². The predicted octanol–water partition coefficient (Wildman–Crippen LogP) is 2.51. The third-order valence-electron chi connectivity index (χ3n) is 3.41. The van der Waals surface area contributed by atoms with Crippen molar-refractivity contribution in [2.75, 3.05) is 6.61 Å². The molecule has 0 saturated carbocycles. The van der Waals surface area contributed by atoms with E-state index in [0.29, 0.717) is 0 Å². The van der Waals surface area contributed by atoms with Crippen LogP contribution >= 0.6 is 17.0 Å². The van der Waals surface area contributed by atoms with E-state index < -0.39 is 46.7 Å². The Kier molecular flexibility index (Phi) is 6.94. The smallest absolute Gasteiger partial charge is 0.226 e. The van der Waals surface area contributed by atoms with Crippen molar-refractivity contribution in [3.8, 4) is 0 Å². The Hall–Kier alpha value is -1.95. The van der Waals surface area contributed by atoms with Gasteiger partial charge in [-0.15, -0.1) is 17.0 Å². The zero-order valence-electron chi connectivity index (χ0n) is 13.8. The Morgan fingerprint density at radius 3 is 1.96 bits per heavy atom. The minimum atomic E-state index is -2.19. The highest BCUT2D eigenvalue weighted by Gasteiger charge is 2.33. The van der Waals surface area contributed by atoms with Gasteiger partial charge in [-0.25, -0.2) is 26.9 Å². The van der Waals surface area contributed by atoms with E-state index >= 15 is 0 Å². The van der Waals surface area contributed by atoms with Crippen molar-refractivity contribution in [3.05, 3.63) is 34.6 Å². The summed E-state index contributed by atoms with van der Waals surface area (Å²) in [6.45, 7) is 3.13. The van der Waals surface area contributed by atoms with Crippen LogP contribution in [0.1, 0.15) is 25.8 Å². The molecule has 26 heavy (non-hydrogen) atoms. The van der Waals surface area contributed by atoms with Crippen LogP contribution in [0.15, 0.2) is 9.98 Å². The quantitative estimate of drug-likeness (QED) is 0.315. The van der Waals surface area contributed by atoms with Crippen molar-refractivity contribution in [1.82, 2.24) is 5.06 Å². The van der Waals surface area contributed by atoms with E-state index in [1.165, 1.54) is 0 Å². The molecule has 1 heterocycles. The number of halogens is 6. The van der Waals surface area contributed by atoms with Gasteiger partial charge in [0, 0.05) is 5.56 Å². The summed E-state index contributed by atoms with van der Waals surface area (Å²) in [6, 6.07) is 0. The topological polar surface area (TPSA) is 89.2 Å². The molecule has 0 bridgehead atoms. The number of benzene rings is 1. The first kappa shape index (κ1) is 22.1. The van der Waals surface area contributed by atoms with Crippen molar-refractivity contribution < 1.29 is 26.8 Å². The zero-order chi connectivity index (χ0) is 18.9. The van der Waals surface area contributed by atoms with Crippen LogP contribution in [0.4, 0.5) is 22.0 Å². The molecule has 0 aromatic heterocycles. The molecule has 2 rings (SSSR count). The summed E-state index contributed by atoms with van der Waals surface area (Å²) in [7, 11) is 0. The largest absolute Gasteiger partial charge is 0.368 e. The highest BCUT2D eigenvalue weighted by Crippen LogP contribution is 2.24. The molecule has 6 nitrogen and oxygen atoms in total. The molecule has 0 saturated heterocycles. The Balaban J connectivity index is 0.00000338. The lowest BCUT2D eigenvalue weighted by Gasteiger charge is -2.36. The highest BCUT2D eigenvalue weighted by atomic mass is 79.9. The first-order valence-electron chi connectivity index (χ1n) is 7.19. The lowest BCUT2D eigenvalue weighted by molar-refractivity contribution is -0.157. The Morgan fingerprint density at radius 1 is 0.962 bits per heavy atom. The molecule has 0 fully saturated rings. The average Bonchev–Trinajstić information content (AvgIpc) is 2.51. The van der Waals surface area contributed by atoms with Gasteiger partial charge in [-0.05, 0) is 26.7 Å². The molecular formula is C14H17BrF5N5O. The van der Waals surface area contributed by atoms with E-state index in [2.05, 4.69) is 9.98 Å². The number of hydrogen-bond acceptors (Lipinski definition) is 6. The number of hydroxylamine groups is 2. The zero-order valence-corrected chi connectivity index (χ0v) is 15.5. The van der Waals surface area contributed by atoms with Gasteiger partial charge in [0.15, 0.2) is 28.9 Å². The number of rotatable bonds is 5. The second-order valence-electron chi connectivity index (χ2n) is 5.71. The maximum atomic E-state index is 13.6. The van der Waals surface area contributed by atoms with Gasteiger partial charge in [-0.2, -0.15) is 10.1 Å². The summed E-state index contributed by atoms with van der Waals surface area (Å²) >= 11 is 0. The Morgan fingerprint density at radius 2 is 1.46 bits per heavy atom.